The van der Waals surface area contributed by atoms with Crippen molar-refractivity contribution in [3.63, 3.8) is 0 Å². The molecule has 6 heteroatoms. The highest BCUT2D eigenvalue weighted by Gasteiger charge is 2.22. The van der Waals surface area contributed by atoms with Gasteiger partial charge in [-0.05, 0) is 19.8 Å². The normalized spacial score (nSPS) is 19.7. The smallest absolute Gasteiger partial charge is 0.237 e. The Labute approximate surface area is 116 Å². The summed E-state index contributed by atoms with van der Waals surface area (Å²) in [6.45, 7) is 4.61. The van der Waals surface area contributed by atoms with Gasteiger partial charge in [0.25, 0.3) is 0 Å². The van der Waals surface area contributed by atoms with Gasteiger partial charge in [-0.2, -0.15) is 0 Å². The first-order valence-corrected chi connectivity index (χ1v) is 7.57. The van der Waals surface area contributed by atoms with Gasteiger partial charge in [-0.1, -0.05) is 0 Å². The molecule has 0 spiro atoms. The number of alkyl halides is 1. The van der Waals surface area contributed by atoms with Crippen LogP contribution < -0.4 is 5.32 Å². The Bertz CT molecular complexity index is 375. The van der Waals surface area contributed by atoms with E-state index >= 15 is 0 Å². The summed E-state index contributed by atoms with van der Waals surface area (Å²) in [6, 6.07) is 0.269. The number of nitrogens with zero attached hydrogens (tertiary/aromatic N) is 2. The topological polar surface area (TPSA) is 45.2 Å². The number of carbonyl (C=O) groups excluding carboxylic acids is 1. The molecule has 1 aromatic heterocycles. The molecule has 1 amide bonds. The van der Waals surface area contributed by atoms with Gasteiger partial charge in [-0.3, -0.25) is 9.69 Å². The zero-order chi connectivity index (χ0) is 13.0. The van der Waals surface area contributed by atoms with Crippen molar-refractivity contribution in [3.8, 4) is 0 Å². The number of amides is 1. The zero-order valence-corrected chi connectivity index (χ0v) is 12.0. The van der Waals surface area contributed by atoms with E-state index in [0.717, 1.165) is 38.2 Å². The third kappa shape index (κ3) is 3.93. The van der Waals surface area contributed by atoms with Crippen molar-refractivity contribution in [2.75, 3.05) is 13.1 Å². The van der Waals surface area contributed by atoms with Gasteiger partial charge in [0.2, 0.25) is 5.91 Å². The van der Waals surface area contributed by atoms with Crippen LogP contribution in [-0.2, 0) is 11.3 Å². The number of thiazole rings is 1. The minimum atomic E-state index is -0.446. The lowest BCUT2D eigenvalue weighted by molar-refractivity contribution is -0.121. The Morgan fingerprint density at radius 1 is 1.67 bits per heavy atom. The molecule has 1 aromatic rings. The van der Waals surface area contributed by atoms with Crippen molar-refractivity contribution < 1.29 is 4.79 Å². The summed E-state index contributed by atoms with van der Waals surface area (Å²) in [6.07, 6.45) is 1.97. The molecule has 0 radical (unpaired) electrons. The van der Waals surface area contributed by atoms with E-state index in [4.69, 9.17) is 11.6 Å². The summed E-state index contributed by atoms with van der Waals surface area (Å²) < 4.78 is 0. The van der Waals surface area contributed by atoms with E-state index in [1.54, 1.807) is 18.3 Å². The molecular formula is C12H18ClN3OS. The molecule has 100 valence electrons. The van der Waals surface area contributed by atoms with Gasteiger partial charge in [0.1, 0.15) is 5.38 Å². The van der Waals surface area contributed by atoms with Crippen LogP contribution in [-0.4, -0.2) is 40.3 Å². The Hall–Kier alpha value is -0.650. The number of halogens is 1. The van der Waals surface area contributed by atoms with Crippen molar-refractivity contribution in [2.45, 2.75) is 37.7 Å². The van der Waals surface area contributed by atoms with Crippen molar-refractivity contribution in [2.24, 2.45) is 0 Å². The lowest BCUT2D eigenvalue weighted by Gasteiger charge is -2.32. The molecule has 0 saturated carbocycles. The number of rotatable bonds is 4. The van der Waals surface area contributed by atoms with E-state index in [9.17, 15) is 4.79 Å². The average molecular weight is 288 g/mol. The van der Waals surface area contributed by atoms with Crippen LogP contribution in [0.5, 0.6) is 0 Å². The maximum atomic E-state index is 11.5. The minimum absolute atomic E-state index is 0.0605. The second-order valence-corrected chi connectivity index (χ2v) is 6.03. The van der Waals surface area contributed by atoms with Crippen LogP contribution >= 0.6 is 22.9 Å². The van der Waals surface area contributed by atoms with Crippen molar-refractivity contribution in [1.82, 2.24) is 15.2 Å². The Morgan fingerprint density at radius 3 is 2.94 bits per heavy atom. The number of hydrogen-bond acceptors (Lipinski definition) is 4. The molecule has 1 fully saturated rings. The molecule has 1 aliphatic rings. The SMILES string of the molecule is CC(Cl)C(=O)NC1CCN(Cc2cscn2)CC1. The van der Waals surface area contributed by atoms with Crippen LogP contribution in [0.15, 0.2) is 10.9 Å². The number of carbonyl (C=O) groups is 1. The van der Waals surface area contributed by atoms with Gasteiger partial charge in [0, 0.05) is 31.1 Å². The number of likely N-dealkylation sites (tertiary alicyclic amines) is 1. The number of nitrogens with one attached hydrogen (secondary N) is 1. The highest BCUT2D eigenvalue weighted by atomic mass is 35.5. The maximum absolute atomic E-state index is 11.5. The molecule has 0 aliphatic carbocycles. The van der Waals surface area contributed by atoms with Crippen molar-refractivity contribution >= 4 is 28.8 Å². The molecule has 18 heavy (non-hydrogen) atoms. The lowest BCUT2D eigenvalue weighted by atomic mass is 10.0. The summed E-state index contributed by atoms with van der Waals surface area (Å²) >= 11 is 7.37. The van der Waals surface area contributed by atoms with E-state index < -0.39 is 5.38 Å². The third-order valence-electron chi connectivity index (χ3n) is 3.16. The monoisotopic (exact) mass is 287 g/mol. The Balaban J connectivity index is 1.73. The quantitative estimate of drug-likeness (QED) is 0.860. The van der Waals surface area contributed by atoms with Crippen LogP contribution in [0, 0.1) is 0 Å². The molecule has 1 saturated heterocycles. The van der Waals surface area contributed by atoms with Gasteiger partial charge in [-0.25, -0.2) is 4.98 Å². The summed E-state index contributed by atoms with van der Waals surface area (Å²) in [5.74, 6) is -0.0605. The lowest BCUT2D eigenvalue weighted by Crippen LogP contribution is -2.46. The third-order valence-corrected chi connectivity index (χ3v) is 4.00. The van der Waals surface area contributed by atoms with E-state index in [-0.39, 0.29) is 11.9 Å². The van der Waals surface area contributed by atoms with Gasteiger partial charge in [-0.15, -0.1) is 22.9 Å². The second kappa shape index (κ2) is 6.50. The van der Waals surface area contributed by atoms with Gasteiger partial charge in [0.15, 0.2) is 0 Å². The van der Waals surface area contributed by atoms with E-state index in [2.05, 4.69) is 20.6 Å². The first kappa shape index (κ1) is 13.8. The van der Waals surface area contributed by atoms with Crippen LogP contribution in [0.3, 0.4) is 0 Å². The van der Waals surface area contributed by atoms with Crippen LogP contribution in [0.2, 0.25) is 0 Å². The van der Waals surface area contributed by atoms with Crippen molar-refractivity contribution in [1.29, 1.82) is 0 Å². The molecule has 1 N–H and O–H groups in total. The van der Waals surface area contributed by atoms with Gasteiger partial charge < -0.3 is 5.32 Å². The number of aromatic nitrogens is 1. The summed E-state index contributed by atoms with van der Waals surface area (Å²) in [5.41, 5.74) is 3.00. The minimum Gasteiger partial charge on any atom is -0.352 e. The predicted molar refractivity (Wildman–Crippen MR) is 73.9 cm³/mol. The fraction of sp³-hybridized carbons (Fsp3) is 0.667. The molecule has 0 aromatic carbocycles. The number of hydrogen-bond donors (Lipinski definition) is 1. The largest absolute Gasteiger partial charge is 0.352 e. The fourth-order valence-electron chi connectivity index (χ4n) is 2.10. The maximum Gasteiger partial charge on any atom is 0.237 e. The highest BCUT2D eigenvalue weighted by Crippen LogP contribution is 2.14. The molecule has 2 heterocycles. The van der Waals surface area contributed by atoms with Gasteiger partial charge in [0.05, 0.1) is 11.2 Å². The average Bonchev–Trinajstić information content (AvgIpc) is 2.84. The predicted octanol–water partition coefficient (Wildman–Crippen LogP) is 1.85. The van der Waals surface area contributed by atoms with Crippen LogP contribution in [0.25, 0.3) is 0 Å². The first-order valence-electron chi connectivity index (χ1n) is 6.19. The standard InChI is InChI=1S/C12H18ClN3OS/c1-9(13)12(17)15-10-2-4-16(5-3-10)6-11-7-18-8-14-11/h7-10H,2-6H2,1H3,(H,15,17). The molecule has 0 bridgehead atoms. The molecular weight excluding hydrogens is 270 g/mol. The fourth-order valence-corrected chi connectivity index (χ4v) is 2.71. The molecule has 1 aliphatic heterocycles. The van der Waals surface area contributed by atoms with Crippen molar-refractivity contribution in [3.05, 3.63) is 16.6 Å². The summed E-state index contributed by atoms with van der Waals surface area (Å²) in [7, 11) is 0. The zero-order valence-electron chi connectivity index (χ0n) is 10.4. The first-order chi connectivity index (χ1) is 8.65. The summed E-state index contributed by atoms with van der Waals surface area (Å²) in [5, 5.41) is 4.63. The van der Waals surface area contributed by atoms with E-state index in [1.807, 2.05) is 5.51 Å². The molecule has 4 nitrogen and oxygen atoms in total. The van der Waals surface area contributed by atoms with Crippen LogP contribution in [0.1, 0.15) is 25.5 Å². The second-order valence-electron chi connectivity index (χ2n) is 4.65. The molecule has 1 unspecified atom stereocenters. The summed E-state index contributed by atoms with van der Waals surface area (Å²) in [4.78, 5) is 18.2. The Kier molecular flexibility index (Phi) is 4.97. The molecule has 2 rings (SSSR count). The van der Waals surface area contributed by atoms with E-state index in [1.165, 1.54) is 0 Å². The molecule has 1 atom stereocenters. The van der Waals surface area contributed by atoms with Crippen LogP contribution in [0.4, 0.5) is 0 Å². The highest BCUT2D eigenvalue weighted by molar-refractivity contribution is 7.07. The van der Waals surface area contributed by atoms with Gasteiger partial charge >= 0.3 is 0 Å². The van der Waals surface area contributed by atoms with E-state index in [0.29, 0.717) is 0 Å². The number of piperidine rings is 1. The Morgan fingerprint density at radius 2 is 2.39 bits per heavy atom.